The molecule has 0 aromatic heterocycles. The van der Waals surface area contributed by atoms with Gasteiger partial charge in [0.25, 0.3) is 0 Å². The number of carbonyl (C=O) groups is 1. The molecule has 0 heterocycles. The molecule has 0 spiro atoms. The zero-order valence-corrected chi connectivity index (χ0v) is 3.03. The standard InChI is InChI=1S/CH2O3.ClH.2Sr.4H/c2-1(3)4;;;;;;;/h(H2,2,3,4);1H;;;;;;. The van der Waals surface area contributed by atoms with Crippen molar-refractivity contribution in [1.29, 1.82) is 0 Å². The van der Waals surface area contributed by atoms with E-state index in [9.17, 15) is 0 Å². The van der Waals surface area contributed by atoms with E-state index in [-0.39, 0.29) is 103 Å². The first-order valence-electron chi connectivity index (χ1n) is 0.651. The Labute approximate surface area is 121 Å². The fourth-order valence-corrected chi connectivity index (χ4v) is 0. The summed E-state index contributed by atoms with van der Waals surface area (Å²) in [6.07, 6.45) is -1.83. The van der Waals surface area contributed by atoms with Gasteiger partial charge < -0.3 is 10.2 Å². The van der Waals surface area contributed by atoms with Gasteiger partial charge in [0.05, 0.1) is 0 Å². The molecule has 0 aliphatic carbocycles. The summed E-state index contributed by atoms with van der Waals surface area (Å²) in [5.74, 6) is 0. The molecule has 0 rings (SSSR count). The molecule has 0 unspecified atom stereocenters. The van der Waals surface area contributed by atoms with Gasteiger partial charge in [0.2, 0.25) is 0 Å². The molecule has 7 heavy (non-hydrogen) atoms. The van der Waals surface area contributed by atoms with Gasteiger partial charge in [-0.05, 0) is 0 Å². The van der Waals surface area contributed by atoms with Gasteiger partial charge >= 0.3 is 97.1 Å². The summed E-state index contributed by atoms with van der Waals surface area (Å²) >= 11 is 0. The molecule has 2 N–H and O–H groups in total. The maximum atomic E-state index is 8.56. The molecule has 0 aliphatic heterocycles. The Balaban J connectivity index is -0.0000000150. The van der Waals surface area contributed by atoms with Crippen LogP contribution in [-0.2, 0) is 0 Å². The quantitative estimate of drug-likeness (QED) is 0.548. The molecular formula is CH7ClO3Sr2. The third kappa shape index (κ3) is 57.0. The number of halogens is 1. The van der Waals surface area contributed by atoms with Gasteiger partial charge in [-0.2, -0.15) is 0 Å². The number of hydrogen-bond donors (Lipinski definition) is 2. The van der Waals surface area contributed by atoms with E-state index >= 15 is 0 Å². The summed E-state index contributed by atoms with van der Waals surface area (Å²) in [6, 6.07) is 0. The van der Waals surface area contributed by atoms with E-state index in [1.807, 2.05) is 0 Å². The monoisotopic (exact) mass is 278 g/mol. The number of hydrogen-bond acceptors (Lipinski definition) is 1. The molecular weight excluding hydrogens is 271 g/mol. The first kappa shape index (κ1) is 22.7. The van der Waals surface area contributed by atoms with Gasteiger partial charge in [-0.15, -0.1) is 12.4 Å². The van der Waals surface area contributed by atoms with Crippen LogP contribution in [0.15, 0.2) is 0 Å². The summed E-state index contributed by atoms with van der Waals surface area (Å²) in [5, 5.41) is 13.9. The summed E-state index contributed by atoms with van der Waals surface area (Å²) < 4.78 is 0. The molecule has 0 amide bonds. The molecule has 0 fully saturated rings. The summed E-state index contributed by atoms with van der Waals surface area (Å²) in [4.78, 5) is 8.56. The Morgan fingerprint density at radius 2 is 1.14 bits per heavy atom. The van der Waals surface area contributed by atoms with E-state index in [4.69, 9.17) is 15.0 Å². The average Bonchev–Trinajstić information content (AvgIpc) is 0.811. The Kier molecular flexibility index (Phi) is 51.2. The predicted molar refractivity (Wildman–Crippen MR) is 35.0 cm³/mol. The van der Waals surface area contributed by atoms with Crippen LogP contribution in [0.25, 0.3) is 0 Å². The number of rotatable bonds is 0. The maximum absolute atomic E-state index is 8.56. The van der Waals surface area contributed by atoms with Crippen molar-refractivity contribution < 1.29 is 15.0 Å². The molecule has 0 radical (unpaired) electrons. The molecule has 40 valence electrons. The second kappa shape index (κ2) is 15.8. The van der Waals surface area contributed by atoms with Crippen molar-refractivity contribution in [1.82, 2.24) is 0 Å². The molecule has 0 atom stereocenters. The van der Waals surface area contributed by atoms with Crippen molar-refractivity contribution in [2.75, 3.05) is 0 Å². The van der Waals surface area contributed by atoms with E-state index in [1.165, 1.54) is 0 Å². The van der Waals surface area contributed by atoms with Crippen LogP contribution in [0.1, 0.15) is 0 Å². The number of carboxylic acid groups (broad SMARTS) is 2. The second-order valence-corrected chi connectivity index (χ2v) is 0.283. The van der Waals surface area contributed by atoms with Crippen LogP contribution >= 0.6 is 12.4 Å². The third-order valence-electron chi connectivity index (χ3n) is 0. The van der Waals surface area contributed by atoms with E-state index in [2.05, 4.69) is 0 Å². The minimum atomic E-state index is -1.83. The van der Waals surface area contributed by atoms with E-state index in [0.29, 0.717) is 0 Å². The van der Waals surface area contributed by atoms with Crippen molar-refractivity contribution >= 4 is 110 Å². The molecule has 0 saturated heterocycles. The molecule has 3 nitrogen and oxygen atoms in total. The fourth-order valence-electron chi connectivity index (χ4n) is 0. The fraction of sp³-hybridized carbons (Fsp3) is 0. The summed E-state index contributed by atoms with van der Waals surface area (Å²) in [5.41, 5.74) is 0. The first-order valence-corrected chi connectivity index (χ1v) is 0.651. The van der Waals surface area contributed by atoms with Crippen molar-refractivity contribution in [3.05, 3.63) is 0 Å². The molecule has 0 aromatic rings. The van der Waals surface area contributed by atoms with Crippen molar-refractivity contribution in [2.45, 2.75) is 0 Å². The zero-order chi connectivity index (χ0) is 3.58. The predicted octanol–water partition coefficient (Wildman–Crippen LogP) is -1.19. The molecule has 0 aliphatic rings. The van der Waals surface area contributed by atoms with Crippen LogP contribution in [0.2, 0.25) is 0 Å². The Bertz CT molecular complexity index is 35.9. The molecule has 0 aromatic carbocycles. The van der Waals surface area contributed by atoms with Crippen molar-refractivity contribution in [3.8, 4) is 0 Å². The van der Waals surface area contributed by atoms with Gasteiger partial charge in [0.1, 0.15) is 0 Å². The Morgan fingerprint density at radius 1 is 1.14 bits per heavy atom. The third-order valence-corrected chi connectivity index (χ3v) is 0. The molecule has 6 heteroatoms. The van der Waals surface area contributed by atoms with Crippen LogP contribution in [0.5, 0.6) is 0 Å². The van der Waals surface area contributed by atoms with Gasteiger partial charge in [0.15, 0.2) is 0 Å². The SMILES string of the molecule is Cl.O=C(O)O.[SrH2].[SrH2]. The van der Waals surface area contributed by atoms with E-state index < -0.39 is 6.16 Å². The average molecular weight is 278 g/mol. The minimum absolute atomic E-state index is 0. The van der Waals surface area contributed by atoms with Gasteiger partial charge in [0, 0.05) is 0 Å². The second-order valence-electron chi connectivity index (χ2n) is 0.283. The molecule has 0 saturated carbocycles. The van der Waals surface area contributed by atoms with Crippen LogP contribution < -0.4 is 0 Å². The first-order chi connectivity index (χ1) is 1.73. The summed E-state index contributed by atoms with van der Waals surface area (Å²) in [7, 11) is 0. The van der Waals surface area contributed by atoms with Gasteiger partial charge in [-0.1, -0.05) is 0 Å². The van der Waals surface area contributed by atoms with Crippen LogP contribution in [0, 0.1) is 0 Å². The summed E-state index contributed by atoms with van der Waals surface area (Å²) in [6.45, 7) is 0. The van der Waals surface area contributed by atoms with Crippen LogP contribution in [-0.4, -0.2) is 107 Å². The van der Waals surface area contributed by atoms with Crippen LogP contribution in [0.3, 0.4) is 0 Å². The Hall–Kier alpha value is 2.52. The van der Waals surface area contributed by atoms with Crippen molar-refractivity contribution in [3.63, 3.8) is 0 Å². The topological polar surface area (TPSA) is 57.5 Å². The Morgan fingerprint density at radius 3 is 1.14 bits per heavy atom. The van der Waals surface area contributed by atoms with Gasteiger partial charge in [-0.25, -0.2) is 4.79 Å². The normalized spacial score (nSPS) is 3.43. The molecule has 0 bridgehead atoms. The van der Waals surface area contributed by atoms with E-state index in [1.54, 1.807) is 0 Å². The van der Waals surface area contributed by atoms with Crippen LogP contribution in [0.4, 0.5) is 4.79 Å². The van der Waals surface area contributed by atoms with Crippen molar-refractivity contribution in [2.24, 2.45) is 0 Å². The van der Waals surface area contributed by atoms with E-state index in [0.717, 1.165) is 0 Å². The van der Waals surface area contributed by atoms with Gasteiger partial charge in [-0.3, -0.25) is 0 Å². The zero-order valence-electron chi connectivity index (χ0n) is 2.21.